The van der Waals surface area contributed by atoms with Crippen LogP contribution in [-0.4, -0.2) is 6.54 Å². The van der Waals surface area contributed by atoms with Gasteiger partial charge in [-0.25, -0.2) is 0 Å². The van der Waals surface area contributed by atoms with Crippen LogP contribution in [0.25, 0.3) is 0 Å². The molecule has 0 aromatic heterocycles. The molecule has 2 aliphatic carbocycles. The van der Waals surface area contributed by atoms with E-state index in [0.717, 1.165) is 17.8 Å². The molecule has 2 bridgehead atoms. The highest BCUT2D eigenvalue weighted by Crippen LogP contribution is 2.48. The van der Waals surface area contributed by atoms with Crippen molar-refractivity contribution in [2.75, 3.05) is 6.54 Å². The second-order valence-corrected chi connectivity index (χ2v) is 7.04. The molecule has 1 nitrogen and oxygen atoms in total. The van der Waals surface area contributed by atoms with Crippen LogP contribution in [-0.2, 0) is 0 Å². The summed E-state index contributed by atoms with van der Waals surface area (Å²) in [5.41, 5.74) is 1.38. The molecule has 3 rings (SSSR count). The molecule has 1 aromatic rings. The van der Waals surface area contributed by atoms with Crippen LogP contribution in [0.1, 0.15) is 44.2 Å². The van der Waals surface area contributed by atoms with Crippen molar-refractivity contribution in [2.24, 2.45) is 17.8 Å². The Morgan fingerprint density at radius 3 is 2.89 bits per heavy atom. The molecule has 0 aliphatic heterocycles. The first-order valence-electron chi connectivity index (χ1n) is 7.21. The van der Waals surface area contributed by atoms with Crippen molar-refractivity contribution in [3.63, 3.8) is 0 Å². The van der Waals surface area contributed by atoms with Crippen LogP contribution < -0.4 is 5.32 Å². The molecule has 0 amide bonds. The lowest BCUT2D eigenvalue weighted by atomic mass is 9.88. The number of hydrogen-bond acceptors (Lipinski definition) is 1. The minimum Gasteiger partial charge on any atom is -0.310 e. The summed E-state index contributed by atoms with van der Waals surface area (Å²) in [4.78, 5) is 0. The highest BCUT2D eigenvalue weighted by Gasteiger charge is 2.39. The van der Waals surface area contributed by atoms with E-state index in [1.807, 2.05) is 0 Å². The van der Waals surface area contributed by atoms with Gasteiger partial charge >= 0.3 is 0 Å². The van der Waals surface area contributed by atoms with Gasteiger partial charge in [-0.05, 0) is 68.2 Å². The fourth-order valence-electron chi connectivity index (χ4n) is 3.85. The third-order valence-electron chi connectivity index (χ3n) is 4.92. The molecule has 4 unspecified atom stereocenters. The predicted octanol–water partition coefficient (Wildman–Crippen LogP) is 4.54. The Labute approximate surface area is 118 Å². The van der Waals surface area contributed by atoms with Crippen molar-refractivity contribution < 1.29 is 0 Å². The van der Waals surface area contributed by atoms with Crippen LogP contribution in [0.3, 0.4) is 0 Å². The van der Waals surface area contributed by atoms with E-state index in [9.17, 15) is 0 Å². The third kappa shape index (κ3) is 2.65. The average Bonchev–Trinajstić information content (AvgIpc) is 2.98. The van der Waals surface area contributed by atoms with E-state index in [2.05, 4.69) is 52.4 Å². The molecule has 4 atom stereocenters. The second-order valence-electron chi connectivity index (χ2n) is 6.12. The van der Waals surface area contributed by atoms with E-state index in [1.54, 1.807) is 0 Å². The molecule has 18 heavy (non-hydrogen) atoms. The molecule has 2 heteroatoms. The Hall–Kier alpha value is -0.340. The smallest absolute Gasteiger partial charge is 0.0292 e. The van der Waals surface area contributed by atoms with Gasteiger partial charge < -0.3 is 5.32 Å². The van der Waals surface area contributed by atoms with E-state index in [1.165, 1.54) is 42.3 Å². The van der Waals surface area contributed by atoms with E-state index in [4.69, 9.17) is 0 Å². The molecule has 0 radical (unpaired) electrons. The Bertz CT molecular complexity index is 417. The first kappa shape index (κ1) is 12.7. The van der Waals surface area contributed by atoms with Crippen LogP contribution in [0, 0.1) is 17.8 Å². The van der Waals surface area contributed by atoms with Gasteiger partial charge in [-0.15, -0.1) is 0 Å². The van der Waals surface area contributed by atoms with E-state index in [-0.39, 0.29) is 0 Å². The van der Waals surface area contributed by atoms with Gasteiger partial charge in [-0.1, -0.05) is 34.5 Å². The summed E-state index contributed by atoms with van der Waals surface area (Å²) in [6.45, 7) is 3.48. The Kier molecular flexibility index (Phi) is 3.76. The van der Waals surface area contributed by atoms with Gasteiger partial charge in [0.25, 0.3) is 0 Å². The van der Waals surface area contributed by atoms with Gasteiger partial charge in [0.15, 0.2) is 0 Å². The van der Waals surface area contributed by atoms with E-state index in [0.29, 0.717) is 6.04 Å². The van der Waals surface area contributed by atoms with Crippen LogP contribution in [0.4, 0.5) is 0 Å². The van der Waals surface area contributed by atoms with Gasteiger partial charge in [0.05, 0.1) is 0 Å². The van der Waals surface area contributed by atoms with Crippen LogP contribution in [0.5, 0.6) is 0 Å². The molecular formula is C16H22BrN. The molecule has 98 valence electrons. The summed E-state index contributed by atoms with van der Waals surface area (Å²) in [5, 5.41) is 3.73. The number of rotatable bonds is 4. The summed E-state index contributed by atoms with van der Waals surface area (Å²) in [7, 11) is 0. The van der Waals surface area contributed by atoms with Crippen molar-refractivity contribution in [2.45, 2.75) is 38.6 Å². The number of hydrogen-bond donors (Lipinski definition) is 1. The third-order valence-corrected chi connectivity index (χ3v) is 5.41. The lowest BCUT2D eigenvalue weighted by Crippen LogP contribution is -2.28. The number of benzene rings is 1. The maximum atomic E-state index is 3.73. The second kappa shape index (κ2) is 5.34. The zero-order chi connectivity index (χ0) is 12.5. The number of nitrogens with one attached hydrogen (secondary N) is 1. The van der Waals surface area contributed by atoms with Gasteiger partial charge in [0, 0.05) is 10.5 Å². The van der Waals surface area contributed by atoms with Crippen molar-refractivity contribution in [3.05, 3.63) is 34.3 Å². The summed E-state index contributed by atoms with van der Waals surface area (Å²) >= 11 is 3.55. The van der Waals surface area contributed by atoms with Crippen molar-refractivity contribution >= 4 is 15.9 Å². The number of fused-ring (bicyclic) bond motifs is 2. The number of halogens is 1. The largest absolute Gasteiger partial charge is 0.310 e. The molecule has 2 saturated carbocycles. The zero-order valence-corrected chi connectivity index (χ0v) is 12.6. The van der Waals surface area contributed by atoms with Crippen LogP contribution in [0.15, 0.2) is 28.7 Å². The Morgan fingerprint density at radius 1 is 1.33 bits per heavy atom. The highest BCUT2D eigenvalue weighted by molar-refractivity contribution is 9.10. The molecule has 1 aromatic carbocycles. The molecule has 2 fully saturated rings. The van der Waals surface area contributed by atoms with Crippen molar-refractivity contribution in [1.82, 2.24) is 5.32 Å². The summed E-state index contributed by atoms with van der Waals surface area (Å²) in [5.74, 6) is 3.03. The quantitative estimate of drug-likeness (QED) is 0.861. The zero-order valence-electron chi connectivity index (χ0n) is 11.0. The minimum atomic E-state index is 0.460. The van der Waals surface area contributed by atoms with Gasteiger partial charge in [0.2, 0.25) is 0 Å². The molecular weight excluding hydrogens is 286 g/mol. The average molecular weight is 308 g/mol. The normalized spacial score (nSPS) is 31.8. The summed E-state index contributed by atoms with van der Waals surface area (Å²) < 4.78 is 1.17. The molecule has 0 heterocycles. The van der Waals surface area contributed by atoms with Crippen LogP contribution in [0.2, 0.25) is 0 Å². The molecule has 0 saturated heterocycles. The monoisotopic (exact) mass is 307 g/mol. The predicted molar refractivity (Wildman–Crippen MR) is 79.5 cm³/mol. The first-order valence-corrected chi connectivity index (χ1v) is 8.00. The lowest BCUT2D eigenvalue weighted by Gasteiger charge is -2.24. The van der Waals surface area contributed by atoms with Crippen molar-refractivity contribution in [1.29, 1.82) is 0 Å². The standard InChI is InChI=1S/C16H22BrN/c1-11(13-3-2-4-16(17)9-13)18-10-15-8-12-5-6-14(15)7-12/h2-4,9,11-12,14-15,18H,5-8,10H2,1H3. The lowest BCUT2D eigenvalue weighted by molar-refractivity contribution is 0.309. The topological polar surface area (TPSA) is 12.0 Å². The summed E-state index contributed by atoms with van der Waals surface area (Å²) in [6.07, 6.45) is 5.98. The highest BCUT2D eigenvalue weighted by atomic mass is 79.9. The maximum absolute atomic E-state index is 3.73. The minimum absolute atomic E-state index is 0.460. The fourth-order valence-corrected chi connectivity index (χ4v) is 4.27. The van der Waals surface area contributed by atoms with Gasteiger partial charge in [0.1, 0.15) is 0 Å². The molecule has 1 N–H and O–H groups in total. The Morgan fingerprint density at radius 2 is 2.22 bits per heavy atom. The summed E-state index contributed by atoms with van der Waals surface area (Å²) in [6, 6.07) is 9.10. The van der Waals surface area contributed by atoms with E-state index < -0.39 is 0 Å². The van der Waals surface area contributed by atoms with Crippen LogP contribution >= 0.6 is 15.9 Å². The molecule has 0 spiro atoms. The van der Waals surface area contributed by atoms with Gasteiger partial charge in [-0.3, -0.25) is 0 Å². The molecule has 2 aliphatic rings. The first-order chi connectivity index (χ1) is 8.72. The van der Waals surface area contributed by atoms with Crippen molar-refractivity contribution in [3.8, 4) is 0 Å². The SMILES string of the molecule is CC(NCC1CC2CCC1C2)c1cccc(Br)c1. The maximum Gasteiger partial charge on any atom is 0.0292 e. The fraction of sp³-hybridized carbons (Fsp3) is 0.625. The Balaban J connectivity index is 1.54. The van der Waals surface area contributed by atoms with Gasteiger partial charge in [-0.2, -0.15) is 0 Å². The van der Waals surface area contributed by atoms with E-state index >= 15 is 0 Å².